The molecule has 3 rings (SSSR count). The average molecular weight is 350 g/mol. The second kappa shape index (κ2) is 7.57. The number of nitrogens with one attached hydrogen (secondary N) is 1. The van der Waals surface area contributed by atoms with Crippen molar-refractivity contribution >= 4 is 22.9 Å². The number of rotatable bonds is 5. The minimum atomic E-state index is -0.508. The molecule has 26 heavy (non-hydrogen) atoms. The summed E-state index contributed by atoms with van der Waals surface area (Å²) < 4.78 is 10.4. The number of fused-ring (bicyclic) bond motifs is 1. The number of phenols is 1. The van der Waals surface area contributed by atoms with Crippen molar-refractivity contribution < 1.29 is 19.4 Å². The highest BCUT2D eigenvalue weighted by atomic mass is 16.5. The van der Waals surface area contributed by atoms with Crippen LogP contribution >= 0.6 is 0 Å². The van der Waals surface area contributed by atoms with Crippen LogP contribution in [0.15, 0.2) is 59.7 Å². The van der Waals surface area contributed by atoms with Gasteiger partial charge in [0.05, 0.1) is 26.0 Å². The summed E-state index contributed by atoms with van der Waals surface area (Å²) in [6.45, 7) is 0. The van der Waals surface area contributed by atoms with Gasteiger partial charge in [0.15, 0.2) is 0 Å². The van der Waals surface area contributed by atoms with Crippen LogP contribution in [0.25, 0.3) is 10.8 Å². The zero-order valence-electron chi connectivity index (χ0n) is 14.4. The van der Waals surface area contributed by atoms with Crippen LogP contribution in [-0.4, -0.2) is 31.4 Å². The first-order valence-corrected chi connectivity index (χ1v) is 7.90. The number of methoxy groups -OCH3 is 2. The number of nitrogens with zero attached hydrogens (tertiary/aromatic N) is 1. The van der Waals surface area contributed by atoms with E-state index in [1.165, 1.54) is 6.21 Å². The minimum Gasteiger partial charge on any atom is -0.506 e. The van der Waals surface area contributed by atoms with E-state index in [1.807, 2.05) is 12.1 Å². The molecule has 0 bridgehead atoms. The lowest BCUT2D eigenvalue weighted by atomic mass is 10.1. The molecule has 0 spiro atoms. The van der Waals surface area contributed by atoms with E-state index in [-0.39, 0.29) is 11.3 Å². The molecule has 0 saturated heterocycles. The normalized spacial score (nSPS) is 10.8. The lowest BCUT2D eigenvalue weighted by Gasteiger charge is -2.08. The highest BCUT2D eigenvalue weighted by Gasteiger charge is 2.13. The summed E-state index contributed by atoms with van der Waals surface area (Å²) >= 11 is 0. The van der Waals surface area contributed by atoms with E-state index in [9.17, 15) is 9.90 Å². The van der Waals surface area contributed by atoms with Crippen LogP contribution in [-0.2, 0) is 0 Å². The molecule has 0 atom stereocenters. The molecule has 0 heterocycles. The van der Waals surface area contributed by atoms with Crippen LogP contribution in [0.1, 0.15) is 15.9 Å². The molecule has 6 heteroatoms. The first-order chi connectivity index (χ1) is 12.6. The largest absolute Gasteiger partial charge is 0.506 e. The fourth-order valence-electron chi connectivity index (χ4n) is 2.60. The Morgan fingerprint density at radius 3 is 2.65 bits per heavy atom. The van der Waals surface area contributed by atoms with E-state index < -0.39 is 5.91 Å². The number of aromatic hydroxyl groups is 1. The fraction of sp³-hybridized carbons (Fsp3) is 0.100. The van der Waals surface area contributed by atoms with Crippen molar-refractivity contribution in [1.82, 2.24) is 5.43 Å². The third-order valence-electron chi connectivity index (χ3n) is 3.95. The molecule has 3 aromatic carbocycles. The molecule has 0 aliphatic carbocycles. The zero-order valence-corrected chi connectivity index (χ0v) is 14.4. The maximum Gasteiger partial charge on any atom is 0.275 e. The van der Waals surface area contributed by atoms with E-state index in [4.69, 9.17) is 9.47 Å². The monoisotopic (exact) mass is 350 g/mol. The summed E-state index contributed by atoms with van der Waals surface area (Å²) in [5.41, 5.74) is 3.22. The van der Waals surface area contributed by atoms with Crippen molar-refractivity contribution in [3.8, 4) is 17.2 Å². The Hall–Kier alpha value is -3.54. The number of carbonyl (C=O) groups is 1. The number of hydrogen-bond donors (Lipinski definition) is 2. The van der Waals surface area contributed by atoms with E-state index in [1.54, 1.807) is 56.7 Å². The van der Waals surface area contributed by atoms with Crippen molar-refractivity contribution in [2.75, 3.05) is 14.2 Å². The van der Waals surface area contributed by atoms with Gasteiger partial charge in [-0.3, -0.25) is 4.79 Å². The van der Waals surface area contributed by atoms with Gasteiger partial charge in [0.1, 0.15) is 17.2 Å². The Morgan fingerprint density at radius 2 is 1.88 bits per heavy atom. The molecule has 0 aliphatic rings. The van der Waals surface area contributed by atoms with Gasteiger partial charge in [0.2, 0.25) is 0 Å². The summed E-state index contributed by atoms with van der Waals surface area (Å²) in [7, 11) is 3.11. The summed E-state index contributed by atoms with van der Waals surface area (Å²) in [6, 6.07) is 15.9. The Morgan fingerprint density at radius 1 is 1.08 bits per heavy atom. The van der Waals surface area contributed by atoms with Crippen LogP contribution in [0.2, 0.25) is 0 Å². The van der Waals surface area contributed by atoms with Crippen molar-refractivity contribution in [2.24, 2.45) is 5.10 Å². The van der Waals surface area contributed by atoms with Gasteiger partial charge in [-0.15, -0.1) is 0 Å². The van der Waals surface area contributed by atoms with E-state index in [2.05, 4.69) is 10.5 Å². The SMILES string of the molecule is COc1ccc(OC)c(/C=N\NC(=O)c2ccc3ccccc3c2O)c1. The highest BCUT2D eigenvalue weighted by molar-refractivity contribution is 6.03. The summed E-state index contributed by atoms with van der Waals surface area (Å²) in [5, 5.41) is 15.8. The predicted octanol–water partition coefficient (Wildman–Crippen LogP) is 3.33. The van der Waals surface area contributed by atoms with Crippen molar-refractivity contribution in [3.63, 3.8) is 0 Å². The summed E-state index contributed by atoms with van der Waals surface area (Å²) in [6.07, 6.45) is 1.46. The maximum atomic E-state index is 12.3. The first kappa shape index (κ1) is 17.3. The van der Waals surface area contributed by atoms with Crippen molar-refractivity contribution in [3.05, 3.63) is 65.7 Å². The third kappa shape index (κ3) is 3.44. The first-order valence-electron chi connectivity index (χ1n) is 7.90. The number of amides is 1. The Labute approximate surface area is 150 Å². The topological polar surface area (TPSA) is 80.2 Å². The van der Waals surface area contributed by atoms with E-state index in [0.717, 1.165) is 5.39 Å². The number of ether oxygens (including phenoxy) is 2. The number of hydrazone groups is 1. The molecule has 1 amide bonds. The van der Waals surface area contributed by atoms with Gasteiger partial charge >= 0.3 is 0 Å². The quantitative estimate of drug-likeness (QED) is 0.546. The van der Waals surface area contributed by atoms with Crippen LogP contribution in [0, 0.1) is 0 Å². The molecule has 0 unspecified atom stereocenters. The number of carbonyl (C=O) groups excluding carboxylic acids is 1. The second-order valence-corrected chi connectivity index (χ2v) is 5.49. The Bertz CT molecular complexity index is 983. The van der Waals surface area contributed by atoms with Crippen molar-refractivity contribution in [1.29, 1.82) is 0 Å². The number of hydrogen-bond acceptors (Lipinski definition) is 5. The highest BCUT2D eigenvalue weighted by Crippen LogP contribution is 2.28. The third-order valence-corrected chi connectivity index (χ3v) is 3.95. The average Bonchev–Trinajstić information content (AvgIpc) is 2.68. The fourth-order valence-corrected chi connectivity index (χ4v) is 2.60. The van der Waals surface area contributed by atoms with Crippen LogP contribution in [0.5, 0.6) is 17.2 Å². The molecule has 6 nitrogen and oxygen atoms in total. The molecule has 0 fully saturated rings. The smallest absolute Gasteiger partial charge is 0.275 e. The van der Waals surface area contributed by atoms with Gasteiger partial charge in [-0.25, -0.2) is 5.43 Å². The molecular weight excluding hydrogens is 332 g/mol. The maximum absolute atomic E-state index is 12.3. The molecule has 3 aromatic rings. The van der Waals surface area contributed by atoms with Crippen LogP contribution in [0.4, 0.5) is 0 Å². The van der Waals surface area contributed by atoms with Gasteiger partial charge in [0.25, 0.3) is 5.91 Å². The Balaban J connectivity index is 1.81. The molecule has 0 aliphatic heterocycles. The predicted molar refractivity (Wildman–Crippen MR) is 100 cm³/mol. The number of benzene rings is 3. The molecule has 132 valence electrons. The van der Waals surface area contributed by atoms with Crippen LogP contribution < -0.4 is 14.9 Å². The van der Waals surface area contributed by atoms with Gasteiger partial charge in [-0.2, -0.15) is 5.10 Å². The van der Waals surface area contributed by atoms with Gasteiger partial charge < -0.3 is 14.6 Å². The van der Waals surface area contributed by atoms with Gasteiger partial charge in [-0.05, 0) is 29.7 Å². The molecule has 0 radical (unpaired) electrons. The standard InChI is InChI=1S/C20H18N2O4/c1-25-15-8-10-18(26-2)14(11-15)12-21-22-20(24)17-9-7-13-5-3-4-6-16(13)19(17)23/h3-12,23H,1-2H3,(H,22,24)/b21-12-. The molecule has 2 N–H and O–H groups in total. The molecule has 0 saturated carbocycles. The molecule has 0 aromatic heterocycles. The lowest BCUT2D eigenvalue weighted by molar-refractivity contribution is 0.0952. The minimum absolute atomic E-state index is 0.0743. The zero-order chi connectivity index (χ0) is 18.5. The van der Waals surface area contributed by atoms with Gasteiger partial charge in [0, 0.05) is 10.9 Å². The Kier molecular flexibility index (Phi) is 5.03. The number of phenolic OH excluding ortho intramolecular Hbond substituents is 1. The van der Waals surface area contributed by atoms with E-state index >= 15 is 0 Å². The summed E-state index contributed by atoms with van der Waals surface area (Å²) in [4.78, 5) is 12.3. The van der Waals surface area contributed by atoms with E-state index in [0.29, 0.717) is 22.4 Å². The van der Waals surface area contributed by atoms with Gasteiger partial charge in [-0.1, -0.05) is 30.3 Å². The second-order valence-electron chi connectivity index (χ2n) is 5.49. The van der Waals surface area contributed by atoms with Crippen LogP contribution in [0.3, 0.4) is 0 Å². The van der Waals surface area contributed by atoms with Crippen molar-refractivity contribution in [2.45, 2.75) is 0 Å². The lowest BCUT2D eigenvalue weighted by Crippen LogP contribution is -2.17. The summed E-state index contributed by atoms with van der Waals surface area (Å²) in [5.74, 6) is 0.657. The molecular formula is C20H18N2O4.